The van der Waals surface area contributed by atoms with Gasteiger partial charge in [0.25, 0.3) is 5.91 Å². The summed E-state index contributed by atoms with van der Waals surface area (Å²) in [5.74, 6) is -2.47. The standard InChI is InChI=1S/C19H21ClN2O5S/c1-11-9-12(7-8-15(11)21)28(26,27)10-19(2,3)22-17(23)13-5-4-6-14(20)16(13)18(24)25/h4-9H,10,21H2,1-3H3,(H,22,23)(H,24,25). The summed E-state index contributed by atoms with van der Waals surface area (Å²) >= 11 is 5.89. The molecular weight excluding hydrogens is 404 g/mol. The lowest BCUT2D eigenvalue weighted by atomic mass is 10.0. The molecule has 1 amide bonds. The van der Waals surface area contributed by atoms with Crippen molar-refractivity contribution in [2.45, 2.75) is 31.2 Å². The maximum absolute atomic E-state index is 12.8. The van der Waals surface area contributed by atoms with Crippen molar-refractivity contribution in [3.8, 4) is 0 Å². The molecule has 0 aliphatic carbocycles. The van der Waals surface area contributed by atoms with Crippen LogP contribution in [0.1, 0.15) is 40.1 Å². The number of nitrogens with one attached hydrogen (secondary N) is 1. The molecule has 0 aliphatic heterocycles. The number of rotatable bonds is 6. The lowest BCUT2D eigenvalue weighted by Gasteiger charge is -2.26. The minimum absolute atomic E-state index is 0.0806. The van der Waals surface area contributed by atoms with Gasteiger partial charge >= 0.3 is 5.97 Å². The highest BCUT2D eigenvalue weighted by atomic mass is 35.5. The van der Waals surface area contributed by atoms with E-state index < -0.39 is 33.0 Å². The third-order valence-electron chi connectivity index (χ3n) is 4.08. The molecule has 7 nitrogen and oxygen atoms in total. The molecule has 150 valence electrons. The van der Waals surface area contributed by atoms with Crippen LogP contribution in [0, 0.1) is 6.92 Å². The van der Waals surface area contributed by atoms with Gasteiger partial charge in [0.05, 0.1) is 26.8 Å². The van der Waals surface area contributed by atoms with Gasteiger partial charge in [-0.2, -0.15) is 0 Å². The molecule has 0 fully saturated rings. The summed E-state index contributed by atoms with van der Waals surface area (Å²) < 4.78 is 25.5. The second-order valence-electron chi connectivity index (χ2n) is 7.08. The zero-order chi connectivity index (χ0) is 21.3. The zero-order valence-electron chi connectivity index (χ0n) is 15.6. The second kappa shape index (κ2) is 7.81. The van der Waals surface area contributed by atoms with E-state index in [0.717, 1.165) is 0 Å². The minimum Gasteiger partial charge on any atom is -0.478 e. The average molecular weight is 425 g/mol. The van der Waals surface area contributed by atoms with E-state index in [-0.39, 0.29) is 21.0 Å². The van der Waals surface area contributed by atoms with Gasteiger partial charge in [-0.1, -0.05) is 17.7 Å². The number of aromatic carboxylic acids is 1. The maximum atomic E-state index is 12.8. The first-order valence-corrected chi connectivity index (χ1v) is 10.3. The number of carbonyl (C=O) groups is 2. The zero-order valence-corrected chi connectivity index (χ0v) is 17.2. The first-order chi connectivity index (χ1) is 12.8. The highest BCUT2D eigenvalue weighted by Gasteiger charge is 2.31. The number of amides is 1. The lowest BCUT2D eigenvalue weighted by Crippen LogP contribution is -2.48. The fourth-order valence-electron chi connectivity index (χ4n) is 2.74. The van der Waals surface area contributed by atoms with Crippen molar-refractivity contribution >= 4 is 39.0 Å². The Hall–Kier alpha value is -2.58. The number of benzene rings is 2. The summed E-state index contributed by atoms with van der Waals surface area (Å²) in [6, 6.07) is 8.53. The third kappa shape index (κ3) is 4.82. The number of carbonyl (C=O) groups excluding carboxylic acids is 1. The van der Waals surface area contributed by atoms with E-state index in [2.05, 4.69) is 5.32 Å². The van der Waals surface area contributed by atoms with E-state index in [1.165, 1.54) is 50.2 Å². The molecule has 0 aromatic heterocycles. The van der Waals surface area contributed by atoms with Crippen molar-refractivity contribution in [1.82, 2.24) is 5.32 Å². The van der Waals surface area contributed by atoms with Crippen molar-refractivity contribution in [3.63, 3.8) is 0 Å². The summed E-state index contributed by atoms with van der Waals surface area (Å²) in [6.07, 6.45) is 0. The van der Waals surface area contributed by atoms with Gasteiger partial charge in [-0.25, -0.2) is 13.2 Å². The number of nitrogen functional groups attached to an aromatic ring is 1. The Morgan fingerprint density at radius 3 is 2.43 bits per heavy atom. The largest absolute Gasteiger partial charge is 0.478 e. The topological polar surface area (TPSA) is 127 Å². The van der Waals surface area contributed by atoms with Gasteiger partial charge in [-0.15, -0.1) is 0 Å². The molecule has 0 aliphatic rings. The highest BCUT2D eigenvalue weighted by Crippen LogP contribution is 2.23. The normalized spacial score (nSPS) is 11.9. The molecule has 2 rings (SSSR count). The van der Waals surface area contributed by atoms with Crippen LogP contribution < -0.4 is 11.1 Å². The maximum Gasteiger partial charge on any atom is 0.338 e. The smallest absolute Gasteiger partial charge is 0.338 e. The van der Waals surface area contributed by atoms with Crippen LogP contribution in [0.25, 0.3) is 0 Å². The molecule has 0 radical (unpaired) electrons. The summed E-state index contributed by atoms with van der Waals surface area (Å²) in [5, 5.41) is 11.8. The van der Waals surface area contributed by atoms with E-state index >= 15 is 0 Å². The Kier molecular flexibility index (Phi) is 6.06. The van der Waals surface area contributed by atoms with Crippen LogP contribution in [0.5, 0.6) is 0 Å². The molecule has 0 saturated heterocycles. The quantitative estimate of drug-likeness (QED) is 0.612. The number of carboxylic acid groups (broad SMARTS) is 1. The van der Waals surface area contributed by atoms with E-state index in [1.54, 1.807) is 6.92 Å². The fourth-order valence-corrected chi connectivity index (χ4v) is 4.82. The van der Waals surface area contributed by atoms with Crippen molar-refractivity contribution in [3.05, 3.63) is 58.1 Å². The number of anilines is 1. The van der Waals surface area contributed by atoms with Crippen LogP contribution in [0.15, 0.2) is 41.3 Å². The van der Waals surface area contributed by atoms with Gasteiger partial charge < -0.3 is 16.2 Å². The van der Waals surface area contributed by atoms with E-state index in [1.807, 2.05) is 0 Å². The Labute approximate surface area is 168 Å². The van der Waals surface area contributed by atoms with Crippen LogP contribution in [0.2, 0.25) is 5.02 Å². The Bertz CT molecular complexity index is 1050. The summed E-state index contributed by atoms with van der Waals surface area (Å²) in [5.41, 5.74) is 5.18. The summed E-state index contributed by atoms with van der Waals surface area (Å²) in [4.78, 5) is 24.1. The van der Waals surface area contributed by atoms with E-state index in [9.17, 15) is 23.1 Å². The second-order valence-corrected chi connectivity index (χ2v) is 9.48. The molecule has 9 heteroatoms. The molecule has 2 aromatic carbocycles. The first kappa shape index (κ1) is 21.7. The molecule has 0 unspecified atom stereocenters. The summed E-state index contributed by atoms with van der Waals surface area (Å²) in [7, 11) is -3.73. The predicted molar refractivity (Wildman–Crippen MR) is 108 cm³/mol. The summed E-state index contributed by atoms with van der Waals surface area (Å²) in [6.45, 7) is 4.78. The van der Waals surface area contributed by atoms with Crippen LogP contribution in [0.4, 0.5) is 5.69 Å². The predicted octanol–water partition coefficient (Wildman–Crippen LogP) is 2.91. The Balaban J connectivity index is 2.28. The minimum atomic E-state index is -3.73. The number of halogens is 1. The van der Waals surface area contributed by atoms with Gasteiger partial charge in [-0.3, -0.25) is 4.79 Å². The van der Waals surface area contributed by atoms with E-state index in [0.29, 0.717) is 11.3 Å². The van der Waals surface area contributed by atoms with Gasteiger partial charge in [-0.05, 0) is 56.7 Å². The SMILES string of the molecule is Cc1cc(S(=O)(=O)CC(C)(C)NC(=O)c2cccc(Cl)c2C(=O)O)ccc1N. The first-order valence-electron chi connectivity index (χ1n) is 8.27. The van der Waals surface area contributed by atoms with Gasteiger partial charge in [0.15, 0.2) is 9.84 Å². The molecule has 28 heavy (non-hydrogen) atoms. The molecule has 2 aromatic rings. The molecule has 0 atom stereocenters. The molecule has 0 bridgehead atoms. The number of hydrogen-bond acceptors (Lipinski definition) is 5. The molecule has 0 saturated carbocycles. The van der Waals surface area contributed by atoms with Gasteiger partial charge in [0, 0.05) is 11.2 Å². The highest BCUT2D eigenvalue weighted by molar-refractivity contribution is 7.91. The molecule has 0 spiro atoms. The molecule has 4 N–H and O–H groups in total. The van der Waals surface area contributed by atoms with Crippen LogP contribution in [-0.4, -0.2) is 36.7 Å². The number of aryl methyl sites for hydroxylation is 1. The molecule has 0 heterocycles. The van der Waals surface area contributed by atoms with Gasteiger partial charge in [0.1, 0.15) is 0 Å². The fraction of sp³-hybridized carbons (Fsp3) is 0.263. The number of nitrogens with two attached hydrogens (primary N) is 1. The lowest BCUT2D eigenvalue weighted by molar-refractivity contribution is 0.0690. The van der Waals surface area contributed by atoms with Gasteiger partial charge in [0.2, 0.25) is 0 Å². The Morgan fingerprint density at radius 2 is 1.86 bits per heavy atom. The van der Waals surface area contributed by atoms with Crippen molar-refractivity contribution < 1.29 is 23.1 Å². The number of hydrogen-bond donors (Lipinski definition) is 3. The van der Waals surface area contributed by atoms with Crippen LogP contribution >= 0.6 is 11.6 Å². The average Bonchev–Trinajstić information content (AvgIpc) is 2.55. The van der Waals surface area contributed by atoms with E-state index in [4.69, 9.17) is 17.3 Å². The monoisotopic (exact) mass is 424 g/mol. The third-order valence-corrected chi connectivity index (χ3v) is 6.46. The van der Waals surface area contributed by atoms with Crippen molar-refractivity contribution in [1.29, 1.82) is 0 Å². The number of sulfone groups is 1. The molecular formula is C19H21ClN2O5S. The number of carboxylic acids is 1. The van der Waals surface area contributed by atoms with Crippen LogP contribution in [-0.2, 0) is 9.84 Å². The van der Waals surface area contributed by atoms with Crippen molar-refractivity contribution in [2.75, 3.05) is 11.5 Å². The van der Waals surface area contributed by atoms with Crippen molar-refractivity contribution in [2.24, 2.45) is 0 Å². The van der Waals surface area contributed by atoms with Crippen LogP contribution in [0.3, 0.4) is 0 Å². The Morgan fingerprint density at radius 1 is 1.21 bits per heavy atom.